The van der Waals surface area contributed by atoms with Gasteiger partial charge >= 0.3 is 6.03 Å². The maximum atomic E-state index is 13.1. The van der Waals surface area contributed by atoms with E-state index in [1.54, 1.807) is 11.0 Å². The van der Waals surface area contributed by atoms with E-state index < -0.39 is 0 Å². The lowest BCUT2D eigenvalue weighted by molar-refractivity contribution is 0.103. The number of nitrogens with zero attached hydrogens (tertiary/aromatic N) is 2. The summed E-state index contributed by atoms with van der Waals surface area (Å²) in [5.41, 5.74) is 2.36. The lowest BCUT2D eigenvalue weighted by Crippen LogP contribution is -2.49. The molecule has 2 heterocycles. The highest BCUT2D eigenvalue weighted by Crippen LogP contribution is 2.26. The number of thiophene rings is 1. The number of hydrogen-bond donors (Lipinski definition) is 1. The lowest BCUT2D eigenvalue weighted by atomic mass is 10.1. The highest BCUT2D eigenvalue weighted by molar-refractivity contribution is 7.12. The van der Waals surface area contributed by atoms with Crippen molar-refractivity contribution in [3.63, 3.8) is 0 Å². The Kier molecular flexibility index (Phi) is 5.83. The molecule has 5 nitrogen and oxygen atoms in total. The Morgan fingerprint density at radius 3 is 2.72 bits per heavy atom. The Bertz CT molecular complexity index is 1020. The predicted molar refractivity (Wildman–Crippen MR) is 118 cm³/mol. The van der Waals surface area contributed by atoms with Crippen LogP contribution in [0.1, 0.15) is 21.7 Å². The fraction of sp³-hybridized carbons (Fsp3) is 0.182. The third-order valence-corrected chi connectivity index (χ3v) is 6.03. The lowest BCUT2D eigenvalue weighted by Gasteiger charge is -2.36. The number of amides is 3. The molecule has 4 rings (SSSR count). The molecule has 148 valence electrons. The summed E-state index contributed by atoms with van der Waals surface area (Å²) in [7, 11) is 0. The molecule has 7 heteroatoms. The first-order chi connectivity index (χ1) is 14.1. The van der Waals surface area contributed by atoms with E-state index in [9.17, 15) is 9.59 Å². The van der Waals surface area contributed by atoms with E-state index in [0.29, 0.717) is 35.2 Å². The predicted octanol–water partition coefficient (Wildman–Crippen LogP) is 5.49. The van der Waals surface area contributed by atoms with Crippen LogP contribution in [0.4, 0.5) is 16.2 Å². The number of halogens is 1. The molecule has 1 aromatic heterocycles. The van der Waals surface area contributed by atoms with Gasteiger partial charge in [0.05, 0.1) is 4.88 Å². The van der Waals surface area contributed by atoms with Crippen molar-refractivity contribution in [3.05, 3.63) is 81.5 Å². The second-order valence-corrected chi connectivity index (χ2v) is 8.14. The number of urea groups is 1. The van der Waals surface area contributed by atoms with Crippen LogP contribution in [0.15, 0.2) is 66.0 Å². The van der Waals surface area contributed by atoms with Crippen molar-refractivity contribution in [2.45, 2.75) is 13.0 Å². The Morgan fingerprint density at radius 2 is 1.93 bits per heavy atom. The molecule has 0 saturated carbocycles. The molecule has 0 bridgehead atoms. The monoisotopic (exact) mass is 425 g/mol. The van der Waals surface area contributed by atoms with E-state index >= 15 is 0 Å². The van der Waals surface area contributed by atoms with Crippen molar-refractivity contribution >= 4 is 46.3 Å². The molecular weight excluding hydrogens is 406 g/mol. The van der Waals surface area contributed by atoms with E-state index in [0.717, 1.165) is 17.7 Å². The second-order valence-electron chi connectivity index (χ2n) is 6.78. The maximum absolute atomic E-state index is 13.1. The molecule has 3 amide bonds. The van der Waals surface area contributed by atoms with Crippen LogP contribution in [0.5, 0.6) is 0 Å². The molecule has 0 spiro atoms. The number of carbonyl (C=O) groups excluding carboxylic acids is 2. The van der Waals surface area contributed by atoms with Gasteiger partial charge in [-0.25, -0.2) is 4.79 Å². The van der Waals surface area contributed by atoms with Crippen molar-refractivity contribution in [3.8, 4) is 0 Å². The summed E-state index contributed by atoms with van der Waals surface area (Å²) < 4.78 is 0. The van der Waals surface area contributed by atoms with Crippen LogP contribution >= 0.6 is 22.9 Å². The fourth-order valence-electron chi connectivity index (χ4n) is 3.35. The minimum absolute atomic E-state index is 0.0575. The first kappa shape index (κ1) is 19.5. The third-order valence-electron chi connectivity index (χ3n) is 4.79. The van der Waals surface area contributed by atoms with E-state index in [2.05, 4.69) is 5.32 Å². The SMILES string of the molecule is O=C(Nc1cccc(N2CCCN(Cc3ccccc3Cl)C2=O)c1)c1cccs1. The summed E-state index contributed by atoms with van der Waals surface area (Å²) in [6.45, 7) is 1.80. The van der Waals surface area contributed by atoms with Crippen LogP contribution in [0.3, 0.4) is 0 Å². The molecule has 29 heavy (non-hydrogen) atoms. The third kappa shape index (κ3) is 4.44. The highest BCUT2D eigenvalue weighted by atomic mass is 35.5. The van der Waals surface area contributed by atoms with Gasteiger partial charge in [0.1, 0.15) is 0 Å². The van der Waals surface area contributed by atoms with Gasteiger partial charge in [-0.2, -0.15) is 0 Å². The first-order valence-electron chi connectivity index (χ1n) is 9.36. The zero-order valence-electron chi connectivity index (χ0n) is 15.7. The Hall–Kier alpha value is -2.83. The average molecular weight is 426 g/mol. The molecule has 0 atom stereocenters. The van der Waals surface area contributed by atoms with Crippen LogP contribution in [0.2, 0.25) is 5.02 Å². The van der Waals surface area contributed by atoms with Gasteiger partial charge in [-0.05, 0) is 47.7 Å². The van der Waals surface area contributed by atoms with Crippen LogP contribution in [-0.4, -0.2) is 29.9 Å². The molecule has 1 saturated heterocycles. The Morgan fingerprint density at radius 1 is 1.07 bits per heavy atom. The smallest absolute Gasteiger partial charge is 0.321 e. The van der Waals surface area contributed by atoms with Crippen LogP contribution in [0.25, 0.3) is 0 Å². The van der Waals surface area contributed by atoms with Crippen LogP contribution < -0.4 is 10.2 Å². The number of anilines is 2. The van der Waals surface area contributed by atoms with E-state index in [1.807, 2.05) is 64.9 Å². The summed E-state index contributed by atoms with van der Waals surface area (Å²) in [5, 5.41) is 5.43. The number of carbonyl (C=O) groups is 2. The molecule has 1 aliphatic rings. The minimum Gasteiger partial charge on any atom is -0.321 e. The second kappa shape index (κ2) is 8.68. The van der Waals surface area contributed by atoms with Gasteiger partial charge in [-0.1, -0.05) is 41.9 Å². The largest absolute Gasteiger partial charge is 0.324 e. The Labute approximate surface area is 178 Å². The zero-order chi connectivity index (χ0) is 20.2. The van der Waals surface area contributed by atoms with Gasteiger partial charge in [0.2, 0.25) is 0 Å². The summed E-state index contributed by atoms with van der Waals surface area (Å²) in [4.78, 5) is 29.6. The molecule has 3 aromatic rings. The van der Waals surface area contributed by atoms with Crippen molar-refractivity contribution in [2.24, 2.45) is 0 Å². The number of hydrogen-bond acceptors (Lipinski definition) is 3. The van der Waals surface area contributed by atoms with Gasteiger partial charge in [-0.15, -0.1) is 11.3 Å². The minimum atomic E-state index is -0.150. The molecule has 1 N–H and O–H groups in total. The van der Waals surface area contributed by atoms with Gasteiger partial charge < -0.3 is 10.2 Å². The summed E-state index contributed by atoms with van der Waals surface area (Å²) in [6, 6.07) is 18.5. The Balaban J connectivity index is 1.49. The summed E-state index contributed by atoms with van der Waals surface area (Å²) in [6.07, 6.45) is 0.863. The van der Waals surface area contributed by atoms with Crippen LogP contribution in [-0.2, 0) is 6.54 Å². The zero-order valence-corrected chi connectivity index (χ0v) is 17.2. The van der Waals surface area contributed by atoms with Crippen molar-refractivity contribution < 1.29 is 9.59 Å². The molecule has 0 aliphatic carbocycles. The quantitative estimate of drug-likeness (QED) is 0.587. The van der Waals surface area contributed by atoms with Gasteiger partial charge in [0.15, 0.2) is 0 Å². The number of nitrogens with one attached hydrogen (secondary N) is 1. The van der Waals surface area contributed by atoms with Gasteiger partial charge in [0, 0.05) is 36.0 Å². The van der Waals surface area contributed by atoms with Gasteiger partial charge in [0.25, 0.3) is 5.91 Å². The van der Waals surface area contributed by atoms with E-state index in [-0.39, 0.29) is 11.9 Å². The summed E-state index contributed by atoms with van der Waals surface area (Å²) >= 11 is 7.66. The highest BCUT2D eigenvalue weighted by Gasteiger charge is 2.27. The summed E-state index contributed by atoms with van der Waals surface area (Å²) in [5.74, 6) is -0.150. The van der Waals surface area contributed by atoms with Crippen molar-refractivity contribution in [1.82, 2.24) is 4.90 Å². The maximum Gasteiger partial charge on any atom is 0.324 e. The van der Waals surface area contributed by atoms with E-state index in [4.69, 9.17) is 11.6 Å². The van der Waals surface area contributed by atoms with Crippen molar-refractivity contribution in [1.29, 1.82) is 0 Å². The average Bonchev–Trinajstić information content (AvgIpc) is 3.26. The number of rotatable bonds is 5. The number of benzene rings is 2. The molecule has 1 aliphatic heterocycles. The first-order valence-corrected chi connectivity index (χ1v) is 10.6. The molecule has 2 aromatic carbocycles. The van der Waals surface area contributed by atoms with Gasteiger partial charge in [-0.3, -0.25) is 9.69 Å². The molecule has 0 unspecified atom stereocenters. The standard InChI is InChI=1S/C22H20ClN3O2S/c23-19-9-2-1-6-16(19)15-25-11-5-12-26(22(25)28)18-8-3-7-17(14-18)24-21(27)20-10-4-13-29-20/h1-4,6-10,13-14H,5,11-12,15H2,(H,24,27). The molecule has 0 radical (unpaired) electrons. The van der Waals surface area contributed by atoms with E-state index in [1.165, 1.54) is 11.3 Å². The molecular formula is C22H20ClN3O2S. The topological polar surface area (TPSA) is 52.7 Å². The van der Waals surface area contributed by atoms with Crippen LogP contribution in [0, 0.1) is 0 Å². The molecule has 1 fully saturated rings. The fourth-order valence-corrected chi connectivity index (χ4v) is 4.17. The van der Waals surface area contributed by atoms with Crippen molar-refractivity contribution in [2.75, 3.05) is 23.3 Å². The normalized spacial score (nSPS) is 14.2.